The maximum absolute atomic E-state index is 3.66. The molecule has 2 aliphatic rings. The van der Waals surface area contributed by atoms with E-state index in [9.17, 15) is 0 Å². The molecule has 0 unspecified atom stereocenters. The van der Waals surface area contributed by atoms with E-state index in [-0.39, 0.29) is 5.41 Å². The van der Waals surface area contributed by atoms with Crippen molar-refractivity contribution < 1.29 is 0 Å². The Morgan fingerprint density at radius 3 is 1.55 bits per heavy atom. The quantitative estimate of drug-likeness (QED) is 0.172. The second-order valence-electron chi connectivity index (χ2n) is 13.8. The Bertz CT molecular complexity index is 2830. The van der Waals surface area contributed by atoms with Crippen LogP contribution in [0.3, 0.4) is 0 Å². The van der Waals surface area contributed by atoms with Crippen LogP contribution in [-0.2, 0) is 5.41 Å². The summed E-state index contributed by atoms with van der Waals surface area (Å²) in [5.41, 5.74) is 18.7. The van der Waals surface area contributed by atoms with Crippen molar-refractivity contribution in [1.29, 1.82) is 0 Å². The average molecular weight is 713 g/mol. The highest BCUT2D eigenvalue weighted by molar-refractivity contribution is 9.10. The van der Waals surface area contributed by atoms with Gasteiger partial charge in [-0.25, -0.2) is 0 Å². The van der Waals surface area contributed by atoms with Crippen LogP contribution in [0.25, 0.3) is 72.0 Å². The molecule has 8 aromatic carbocycles. The Hall–Kier alpha value is -5.96. The lowest BCUT2D eigenvalue weighted by atomic mass is 9.70. The van der Waals surface area contributed by atoms with Gasteiger partial charge in [0, 0.05) is 20.9 Å². The van der Waals surface area contributed by atoms with Gasteiger partial charge in [0.05, 0.1) is 16.4 Å². The average Bonchev–Trinajstić information content (AvgIpc) is 3.79. The third-order valence-corrected chi connectivity index (χ3v) is 11.8. The molecular weight excluding hydrogens is 682 g/mol. The second kappa shape index (κ2) is 10.8. The van der Waals surface area contributed by atoms with Gasteiger partial charge < -0.3 is 4.57 Å². The number of hydrogen-bond donors (Lipinski definition) is 0. The number of rotatable bonds is 3. The lowest BCUT2D eigenvalue weighted by molar-refractivity contribution is 0.792. The lowest BCUT2D eigenvalue weighted by Crippen LogP contribution is -2.26. The Kier molecular flexibility index (Phi) is 6.09. The first-order chi connectivity index (χ1) is 25.2. The minimum absolute atomic E-state index is 0.383. The third-order valence-electron chi connectivity index (χ3n) is 11.3. The molecular formula is C49H30BrN. The van der Waals surface area contributed by atoms with E-state index in [0.717, 1.165) is 4.47 Å². The largest absolute Gasteiger partial charge is 0.309 e. The fraction of sp³-hybridized carbons (Fsp3) is 0.0204. The van der Waals surface area contributed by atoms with Crippen LogP contribution < -0.4 is 0 Å². The molecule has 238 valence electrons. The molecule has 2 heteroatoms. The maximum atomic E-state index is 3.66. The monoisotopic (exact) mass is 711 g/mol. The molecule has 1 aromatic heterocycles. The molecule has 0 N–H and O–H groups in total. The highest BCUT2D eigenvalue weighted by Crippen LogP contribution is 2.63. The predicted octanol–water partition coefficient (Wildman–Crippen LogP) is 13.2. The van der Waals surface area contributed by atoms with Crippen molar-refractivity contribution in [3.05, 3.63) is 209 Å². The minimum atomic E-state index is -0.383. The van der Waals surface area contributed by atoms with Crippen LogP contribution in [0, 0.1) is 0 Å². The van der Waals surface area contributed by atoms with Crippen molar-refractivity contribution in [2.24, 2.45) is 0 Å². The summed E-state index contributed by atoms with van der Waals surface area (Å²) in [6.07, 6.45) is 0. The topological polar surface area (TPSA) is 4.93 Å². The molecule has 2 aliphatic carbocycles. The van der Waals surface area contributed by atoms with E-state index in [0.29, 0.717) is 0 Å². The fourth-order valence-electron chi connectivity index (χ4n) is 9.20. The van der Waals surface area contributed by atoms with Gasteiger partial charge in [-0.1, -0.05) is 155 Å². The van der Waals surface area contributed by atoms with Crippen LogP contribution in [0.5, 0.6) is 0 Å². The van der Waals surface area contributed by atoms with E-state index < -0.39 is 0 Å². The van der Waals surface area contributed by atoms with Crippen molar-refractivity contribution in [3.8, 4) is 50.2 Å². The maximum Gasteiger partial charge on any atom is 0.0726 e. The molecule has 11 rings (SSSR count). The molecule has 0 radical (unpaired) electrons. The minimum Gasteiger partial charge on any atom is -0.309 e. The van der Waals surface area contributed by atoms with Gasteiger partial charge in [0.25, 0.3) is 0 Å². The Morgan fingerprint density at radius 1 is 0.353 bits per heavy atom. The number of aromatic nitrogens is 1. The molecule has 51 heavy (non-hydrogen) atoms. The molecule has 1 nitrogen and oxygen atoms in total. The first-order valence-corrected chi connectivity index (χ1v) is 18.3. The van der Waals surface area contributed by atoms with Crippen molar-refractivity contribution in [2.75, 3.05) is 0 Å². The fourth-order valence-corrected chi connectivity index (χ4v) is 9.60. The van der Waals surface area contributed by atoms with E-state index in [1.165, 1.54) is 94.3 Å². The van der Waals surface area contributed by atoms with Gasteiger partial charge in [0.15, 0.2) is 0 Å². The number of benzene rings is 8. The summed E-state index contributed by atoms with van der Waals surface area (Å²) in [7, 11) is 0. The van der Waals surface area contributed by atoms with Gasteiger partial charge in [-0.15, -0.1) is 0 Å². The number of fused-ring (bicyclic) bond motifs is 13. The molecule has 1 spiro atoms. The normalized spacial score (nSPS) is 13.4. The first-order valence-electron chi connectivity index (χ1n) is 17.5. The second-order valence-corrected chi connectivity index (χ2v) is 14.7. The summed E-state index contributed by atoms with van der Waals surface area (Å²) in [5.74, 6) is 0. The van der Waals surface area contributed by atoms with E-state index >= 15 is 0 Å². The van der Waals surface area contributed by atoms with Crippen LogP contribution >= 0.6 is 15.9 Å². The SMILES string of the molecule is Brc1cccc(-c2cccc(-c3ccc4c5ccccc5n(-c5ccc6c(c5)C5(c7ccccc7-c7ccccc75)c5ccccc5-6)c4c3)c2)c1. The van der Waals surface area contributed by atoms with E-state index in [4.69, 9.17) is 0 Å². The van der Waals surface area contributed by atoms with Gasteiger partial charge in [-0.2, -0.15) is 0 Å². The molecule has 0 bridgehead atoms. The molecule has 0 amide bonds. The van der Waals surface area contributed by atoms with Crippen molar-refractivity contribution in [2.45, 2.75) is 5.41 Å². The summed E-state index contributed by atoms with van der Waals surface area (Å²) < 4.78 is 3.57. The Morgan fingerprint density at radius 2 is 0.882 bits per heavy atom. The van der Waals surface area contributed by atoms with E-state index in [1.807, 2.05) is 0 Å². The summed E-state index contributed by atoms with van der Waals surface area (Å²) >= 11 is 3.66. The molecule has 0 fully saturated rings. The smallest absolute Gasteiger partial charge is 0.0726 e. The zero-order valence-corrected chi connectivity index (χ0v) is 29.2. The molecule has 0 saturated carbocycles. The summed E-state index contributed by atoms with van der Waals surface area (Å²) in [4.78, 5) is 0. The van der Waals surface area contributed by atoms with Crippen LogP contribution in [0.2, 0.25) is 0 Å². The van der Waals surface area contributed by atoms with E-state index in [1.54, 1.807) is 0 Å². The molecule has 0 atom stereocenters. The highest BCUT2D eigenvalue weighted by Gasteiger charge is 2.51. The molecule has 1 heterocycles. The predicted molar refractivity (Wildman–Crippen MR) is 216 cm³/mol. The summed E-state index contributed by atoms with van der Waals surface area (Å²) in [6.45, 7) is 0. The molecule has 0 saturated heterocycles. The van der Waals surface area contributed by atoms with Gasteiger partial charge in [-0.3, -0.25) is 0 Å². The van der Waals surface area contributed by atoms with Crippen molar-refractivity contribution in [1.82, 2.24) is 4.57 Å². The Balaban J connectivity index is 1.16. The van der Waals surface area contributed by atoms with Gasteiger partial charge in [-0.05, 0) is 109 Å². The Labute approximate surface area is 305 Å². The standard InChI is InChI=1S/C49H30BrN/c50-35-14-10-13-33(28-35)31-11-9-12-32(27-31)34-23-25-42-41-18-4-8-22-47(41)51(48(42)29-34)36-24-26-40-39-17-3-7-21-45(39)49(46(40)30-36)43-19-5-1-15-37(43)38-16-2-6-20-44(38)49/h1-30H. The van der Waals surface area contributed by atoms with Gasteiger partial charge >= 0.3 is 0 Å². The summed E-state index contributed by atoms with van der Waals surface area (Å²) in [5, 5.41) is 2.52. The van der Waals surface area contributed by atoms with Crippen molar-refractivity contribution >= 4 is 37.7 Å². The molecule has 9 aromatic rings. The van der Waals surface area contributed by atoms with Crippen molar-refractivity contribution in [3.63, 3.8) is 0 Å². The lowest BCUT2D eigenvalue weighted by Gasteiger charge is -2.30. The third kappa shape index (κ3) is 3.97. The van der Waals surface area contributed by atoms with Crippen LogP contribution in [0.1, 0.15) is 22.3 Å². The number of nitrogens with zero attached hydrogens (tertiary/aromatic N) is 1. The first kappa shape index (κ1) is 28.8. The van der Waals surface area contributed by atoms with Crippen LogP contribution in [0.4, 0.5) is 0 Å². The zero-order valence-electron chi connectivity index (χ0n) is 27.6. The van der Waals surface area contributed by atoms with E-state index in [2.05, 4.69) is 202 Å². The number of para-hydroxylation sites is 1. The zero-order chi connectivity index (χ0) is 33.7. The van der Waals surface area contributed by atoms with Gasteiger partial charge in [0.1, 0.15) is 0 Å². The molecule has 0 aliphatic heterocycles. The number of hydrogen-bond acceptors (Lipinski definition) is 0. The van der Waals surface area contributed by atoms with Crippen LogP contribution in [-0.4, -0.2) is 4.57 Å². The highest BCUT2D eigenvalue weighted by atomic mass is 79.9. The van der Waals surface area contributed by atoms with Crippen LogP contribution in [0.15, 0.2) is 186 Å². The summed E-state index contributed by atoms with van der Waals surface area (Å²) in [6, 6.07) is 67.5. The number of halogens is 1. The van der Waals surface area contributed by atoms with Gasteiger partial charge in [0.2, 0.25) is 0 Å².